The normalized spacial score (nSPS) is 9.50. The molecule has 0 aliphatic heterocycles. The number of rotatable bonds is 7. The van der Waals surface area contributed by atoms with Crippen LogP contribution in [0.2, 0.25) is 0 Å². The molecule has 0 N–H and O–H groups in total. The first-order valence-electron chi connectivity index (χ1n) is 6.72. The van der Waals surface area contributed by atoms with Gasteiger partial charge in [0.05, 0.1) is 11.6 Å². The molecule has 18 heavy (non-hydrogen) atoms. The van der Waals surface area contributed by atoms with Crippen LogP contribution in [0, 0.1) is 6.92 Å². The molecule has 0 spiro atoms. The van der Waals surface area contributed by atoms with Gasteiger partial charge in [0.15, 0.2) is 0 Å². The van der Waals surface area contributed by atoms with Crippen molar-refractivity contribution < 1.29 is 9.53 Å². The lowest BCUT2D eigenvalue weighted by atomic mass is 10.1. The van der Waals surface area contributed by atoms with E-state index in [1.54, 1.807) is 17.5 Å². The summed E-state index contributed by atoms with van der Waals surface area (Å²) in [6.45, 7) is 6.53. The summed E-state index contributed by atoms with van der Waals surface area (Å²) in [5.74, 6) is -0.0472. The molecular formula is C14H25NO2S. The highest BCUT2D eigenvalue weighted by Gasteiger charge is 1.99. The summed E-state index contributed by atoms with van der Waals surface area (Å²) in [6.07, 6.45) is 8.32. The van der Waals surface area contributed by atoms with Crippen LogP contribution < -0.4 is 0 Å². The van der Waals surface area contributed by atoms with E-state index in [0.29, 0.717) is 13.0 Å². The first kappa shape index (κ1) is 17.1. The molecule has 0 saturated heterocycles. The summed E-state index contributed by atoms with van der Waals surface area (Å²) in [6, 6.07) is 0. The molecule has 0 atom stereocenters. The van der Waals surface area contributed by atoms with Crippen LogP contribution >= 0.6 is 11.3 Å². The molecule has 1 aromatic heterocycles. The Labute approximate surface area is 115 Å². The third-order valence-electron chi connectivity index (χ3n) is 2.35. The van der Waals surface area contributed by atoms with E-state index in [1.165, 1.54) is 19.3 Å². The molecule has 0 fully saturated rings. The van der Waals surface area contributed by atoms with Crippen LogP contribution in [0.1, 0.15) is 57.4 Å². The Morgan fingerprint density at radius 1 is 1.28 bits per heavy atom. The number of hydrogen-bond acceptors (Lipinski definition) is 4. The number of carbonyl (C=O) groups is 1. The van der Waals surface area contributed by atoms with Crippen LogP contribution in [0.4, 0.5) is 0 Å². The van der Waals surface area contributed by atoms with Gasteiger partial charge in [0, 0.05) is 18.0 Å². The smallest absolute Gasteiger partial charge is 0.305 e. The van der Waals surface area contributed by atoms with Crippen LogP contribution in [0.3, 0.4) is 0 Å². The predicted molar refractivity (Wildman–Crippen MR) is 76.9 cm³/mol. The maximum Gasteiger partial charge on any atom is 0.305 e. The fourth-order valence-electron chi connectivity index (χ4n) is 1.40. The molecule has 0 saturated carbocycles. The highest BCUT2D eigenvalue weighted by molar-refractivity contribution is 7.09. The molecule has 3 nitrogen and oxygen atoms in total. The number of aryl methyl sites for hydroxylation is 1. The van der Waals surface area contributed by atoms with Gasteiger partial charge in [-0.1, -0.05) is 32.6 Å². The third kappa shape index (κ3) is 11.6. The van der Waals surface area contributed by atoms with E-state index in [-0.39, 0.29) is 5.97 Å². The fourth-order valence-corrected chi connectivity index (χ4v) is 1.84. The molecular weight excluding hydrogens is 246 g/mol. The van der Waals surface area contributed by atoms with E-state index < -0.39 is 0 Å². The topological polar surface area (TPSA) is 39.2 Å². The van der Waals surface area contributed by atoms with Gasteiger partial charge in [-0.05, 0) is 20.3 Å². The van der Waals surface area contributed by atoms with E-state index in [9.17, 15) is 4.79 Å². The summed E-state index contributed by atoms with van der Waals surface area (Å²) in [5, 5.41) is 3.10. The van der Waals surface area contributed by atoms with Crippen LogP contribution in [-0.4, -0.2) is 17.6 Å². The molecule has 0 aromatic carbocycles. The van der Waals surface area contributed by atoms with E-state index in [2.05, 4.69) is 11.9 Å². The first-order valence-corrected chi connectivity index (χ1v) is 7.60. The number of hydrogen-bond donors (Lipinski definition) is 0. The monoisotopic (exact) mass is 271 g/mol. The minimum Gasteiger partial charge on any atom is -0.466 e. The number of nitrogens with zero attached hydrogens (tertiary/aromatic N) is 1. The summed E-state index contributed by atoms with van der Waals surface area (Å²) in [7, 11) is 0. The number of aromatic nitrogens is 1. The second kappa shape index (κ2) is 12.6. The minimum atomic E-state index is -0.0472. The van der Waals surface area contributed by atoms with Gasteiger partial charge in [-0.15, -0.1) is 11.3 Å². The standard InChI is InChI=1S/C10H20O2.C4H5NS/c1-3-5-6-7-8-9-10(11)12-4-2;1-4-5-2-3-6-4/h3-9H2,1-2H3;2-3H,1H3. The van der Waals surface area contributed by atoms with Crippen molar-refractivity contribution in [2.45, 2.75) is 59.3 Å². The lowest BCUT2D eigenvalue weighted by Gasteiger charge is -2.00. The van der Waals surface area contributed by atoms with Gasteiger partial charge in [0.1, 0.15) is 0 Å². The van der Waals surface area contributed by atoms with Crippen molar-refractivity contribution in [3.8, 4) is 0 Å². The molecule has 0 aliphatic rings. The Morgan fingerprint density at radius 2 is 2.00 bits per heavy atom. The lowest BCUT2D eigenvalue weighted by Crippen LogP contribution is -2.02. The zero-order valence-electron chi connectivity index (χ0n) is 11.8. The summed E-state index contributed by atoms with van der Waals surface area (Å²) >= 11 is 1.67. The zero-order valence-corrected chi connectivity index (χ0v) is 12.6. The SMILES string of the molecule is CCCCCCCC(=O)OCC.Cc1nccs1. The Morgan fingerprint density at radius 3 is 2.44 bits per heavy atom. The van der Waals surface area contributed by atoms with E-state index in [0.717, 1.165) is 17.8 Å². The highest BCUT2D eigenvalue weighted by Crippen LogP contribution is 2.05. The van der Waals surface area contributed by atoms with Gasteiger partial charge in [-0.25, -0.2) is 0 Å². The Kier molecular flexibility index (Phi) is 11.9. The second-order valence-electron chi connectivity index (χ2n) is 4.02. The number of unbranched alkanes of at least 4 members (excludes halogenated alkanes) is 4. The summed E-state index contributed by atoms with van der Waals surface area (Å²) in [5.41, 5.74) is 0. The van der Waals surface area contributed by atoms with Gasteiger partial charge in [0.25, 0.3) is 0 Å². The lowest BCUT2D eigenvalue weighted by molar-refractivity contribution is -0.143. The fraction of sp³-hybridized carbons (Fsp3) is 0.714. The van der Waals surface area contributed by atoms with E-state index >= 15 is 0 Å². The van der Waals surface area contributed by atoms with Crippen LogP contribution in [0.5, 0.6) is 0 Å². The number of thiazole rings is 1. The first-order chi connectivity index (χ1) is 8.70. The maximum absolute atomic E-state index is 10.9. The predicted octanol–water partition coefficient (Wildman–Crippen LogP) is 4.36. The van der Waals surface area contributed by atoms with Gasteiger partial charge >= 0.3 is 5.97 Å². The molecule has 1 heterocycles. The van der Waals surface area contributed by atoms with Crippen molar-refractivity contribution in [3.05, 3.63) is 16.6 Å². The number of carbonyl (C=O) groups excluding carboxylic acids is 1. The van der Waals surface area contributed by atoms with Crippen LogP contribution in [-0.2, 0) is 9.53 Å². The highest BCUT2D eigenvalue weighted by atomic mass is 32.1. The average molecular weight is 271 g/mol. The van der Waals surface area contributed by atoms with Crippen LogP contribution in [0.15, 0.2) is 11.6 Å². The summed E-state index contributed by atoms with van der Waals surface area (Å²) < 4.78 is 4.81. The minimum absolute atomic E-state index is 0.0472. The van der Waals surface area contributed by atoms with Crippen molar-refractivity contribution in [1.29, 1.82) is 0 Å². The molecule has 1 rings (SSSR count). The number of ether oxygens (including phenoxy) is 1. The molecule has 1 aromatic rings. The van der Waals surface area contributed by atoms with Crippen molar-refractivity contribution >= 4 is 17.3 Å². The van der Waals surface area contributed by atoms with E-state index in [4.69, 9.17) is 4.74 Å². The molecule has 0 amide bonds. The molecule has 0 bridgehead atoms. The summed E-state index contributed by atoms with van der Waals surface area (Å²) in [4.78, 5) is 14.8. The van der Waals surface area contributed by atoms with E-state index in [1.807, 2.05) is 19.2 Å². The Balaban J connectivity index is 0.000000397. The van der Waals surface area contributed by atoms with Crippen molar-refractivity contribution in [2.75, 3.05) is 6.61 Å². The second-order valence-corrected chi connectivity index (χ2v) is 5.12. The van der Waals surface area contributed by atoms with Crippen LogP contribution in [0.25, 0.3) is 0 Å². The Hall–Kier alpha value is -0.900. The molecule has 0 aliphatic carbocycles. The zero-order chi connectivity index (χ0) is 13.6. The molecule has 4 heteroatoms. The number of esters is 1. The molecule has 0 radical (unpaired) electrons. The quantitative estimate of drug-likeness (QED) is 0.546. The maximum atomic E-state index is 10.9. The van der Waals surface area contributed by atoms with Crippen molar-refractivity contribution in [3.63, 3.8) is 0 Å². The molecule has 0 unspecified atom stereocenters. The average Bonchev–Trinajstić information content (AvgIpc) is 2.81. The van der Waals surface area contributed by atoms with Gasteiger partial charge in [-0.3, -0.25) is 9.78 Å². The van der Waals surface area contributed by atoms with Crippen molar-refractivity contribution in [2.24, 2.45) is 0 Å². The Bertz CT molecular complexity index is 286. The molecule has 104 valence electrons. The van der Waals surface area contributed by atoms with Gasteiger partial charge in [-0.2, -0.15) is 0 Å². The van der Waals surface area contributed by atoms with Crippen molar-refractivity contribution in [1.82, 2.24) is 4.98 Å². The van der Waals surface area contributed by atoms with Gasteiger partial charge < -0.3 is 4.74 Å². The largest absolute Gasteiger partial charge is 0.466 e. The third-order valence-corrected chi connectivity index (χ3v) is 3.05. The van der Waals surface area contributed by atoms with Gasteiger partial charge in [0.2, 0.25) is 0 Å².